The smallest absolute Gasteiger partial charge is 0.390 e. The normalized spacial score (nSPS) is 11.5. The first-order chi connectivity index (χ1) is 6.83. The molecule has 0 aromatic carbocycles. The highest BCUT2D eigenvalue weighted by Crippen LogP contribution is 2.25. The predicted molar refractivity (Wildman–Crippen MR) is 51.1 cm³/mol. The van der Waals surface area contributed by atoms with Gasteiger partial charge >= 0.3 is 6.36 Å². The van der Waals surface area contributed by atoms with E-state index in [1.165, 1.54) is 13.0 Å². The summed E-state index contributed by atoms with van der Waals surface area (Å²) in [5.41, 5.74) is 0.0797. The van der Waals surface area contributed by atoms with E-state index in [1.54, 1.807) is 0 Å². The molecule has 1 aromatic rings. The van der Waals surface area contributed by atoms with Crippen molar-refractivity contribution >= 4 is 15.9 Å². The second-order valence-electron chi connectivity index (χ2n) is 2.79. The zero-order valence-electron chi connectivity index (χ0n) is 7.61. The summed E-state index contributed by atoms with van der Waals surface area (Å²) in [4.78, 5) is 13.0. The number of H-pyrrole nitrogens is 1. The Kier molecular flexibility index (Phi) is 3.43. The molecule has 0 bridgehead atoms. The first kappa shape index (κ1) is 12.1. The lowest BCUT2D eigenvalue weighted by atomic mass is 10.2. The van der Waals surface area contributed by atoms with Crippen LogP contribution in [0.4, 0.5) is 13.2 Å². The Morgan fingerprint density at radius 2 is 2.13 bits per heavy atom. The third-order valence-corrected chi connectivity index (χ3v) is 2.33. The van der Waals surface area contributed by atoms with E-state index in [0.717, 1.165) is 0 Å². The molecule has 0 unspecified atom stereocenters. The summed E-state index contributed by atoms with van der Waals surface area (Å²) >= 11 is 3.07. The summed E-state index contributed by atoms with van der Waals surface area (Å²) in [5, 5.41) is 0.289. The molecule has 1 aromatic heterocycles. The van der Waals surface area contributed by atoms with Gasteiger partial charge in [0, 0.05) is 17.0 Å². The molecule has 1 heterocycles. The van der Waals surface area contributed by atoms with Crippen molar-refractivity contribution in [1.29, 1.82) is 0 Å². The van der Waals surface area contributed by atoms with Crippen molar-refractivity contribution in [3.63, 3.8) is 0 Å². The maximum absolute atomic E-state index is 11.9. The van der Waals surface area contributed by atoms with Gasteiger partial charge < -0.3 is 4.74 Å². The summed E-state index contributed by atoms with van der Waals surface area (Å²) < 4.78 is 39.5. The minimum absolute atomic E-state index is 0.254. The molecule has 3 nitrogen and oxygen atoms in total. The van der Waals surface area contributed by atoms with Crippen molar-refractivity contribution in [2.75, 3.05) is 0 Å². The lowest BCUT2D eigenvalue weighted by molar-refractivity contribution is -0.276. The molecule has 7 heteroatoms. The molecule has 0 aliphatic heterocycles. The number of hydrogen-bond acceptors (Lipinski definition) is 2. The van der Waals surface area contributed by atoms with Gasteiger partial charge in [-0.3, -0.25) is 9.78 Å². The summed E-state index contributed by atoms with van der Waals surface area (Å²) in [6.07, 6.45) is -4.81. The van der Waals surface area contributed by atoms with Crippen molar-refractivity contribution in [3.8, 4) is 5.88 Å². The number of nitrogens with one attached hydrogen (secondary N) is 1. The van der Waals surface area contributed by atoms with Crippen LogP contribution in [0.5, 0.6) is 5.88 Å². The lowest BCUT2D eigenvalue weighted by Crippen LogP contribution is -2.21. The Balaban J connectivity index is 3.18. The lowest BCUT2D eigenvalue weighted by Gasteiger charge is -2.12. The van der Waals surface area contributed by atoms with Crippen molar-refractivity contribution < 1.29 is 17.9 Å². The molecular formula is C8H7BrF3NO2. The van der Waals surface area contributed by atoms with Gasteiger partial charge in [-0.25, -0.2) is 0 Å². The first-order valence-electron chi connectivity index (χ1n) is 3.88. The van der Waals surface area contributed by atoms with Crippen molar-refractivity contribution in [1.82, 2.24) is 4.98 Å². The molecule has 84 valence electrons. The number of aromatic nitrogens is 1. The van der Waals surface area contributed by atoms with Gasteiger partial charge in [-0.1, -0.05) is 15.9 Å². The van der Waals surface area contributed by atoms with E-state index in [4.69, 9.17) is 0 Å². The third-order valence-electron chi connectivity index (χ3n) is 1.73. The highest BCUT2D eigenvalue weighted by atomic mass is 79.9. The number of aromatic amines is 1. The fourth-order valence-corrected chi connectivity index (χ4v) is 1.59. The largest absolute Gasteiger partial charge is 0.574 e. The molecule has 0 atom stereocenters. The topological polar surface area (TPSA) is 42.1 Å². The zero-order chi connectivity index (χ0) is 11.6. The number of hydrogen-bond donors (Lipinski definition) is 1. The SMILES string of the molecule is Cc1c(CBr)cc(=O)[nH]c1OC(F)(F)F. The highest BCUT2D eigenvalue weighted by molar-refractivity contribution is 9.08. The van der Waals surface area contributed by atoms with E-state index in [2.05, 4.69) is 20.7 Å². The summed E-state index contributed by atoms with van der Waals surface area (Å²) in [7, 11) is 0. The van der Waals surface area contributed by atoms with Gasteiger partial charge in [0.15, 0.2) is 0 Å². The molecule has 1 rings (SSSR count). The van der Waals surface area contributed by atoms with Crippen molar-refractivity contribution in [2.45, 2.75) is 18.6 Å². The zero-order valence-corrected chi connectivity index (χ0v) is 9.20. The average Bonchev–Trinajstić information content (AvgIpc) is 2.08. The Morgan fingerprint density at radius 1 is 1.53 bits per heavy atom. The van der Waals surface area contributed by atoms with Crippen LogP contribution in [0.2, 0.25) is 0 Å². The minimum atomic E-state index is -4.81. The maximum Gasteiger partial charge on any atom is 0.574 e. The van der Waals surface area contributed by atoms with Crippen LogP contribution in [0.1, 0.15) is 11.1 Å². The molecular weight excluding hydrogens is 279 g/mol. The van der Waals surface area contributed by atoms with E-state index in [0.29, 0.717) is 5.56 Å². The molecule has 0 saturated carbocycles. The molecule has 0 fully saturated rings. The molecule has 0 aliphatic rings. The molecule has 0 aliphatic carbocycles. The fraction of sp³-hybridized carbons (Fsp3) is 0.375. The van der Waals surface area contributed by atoms with Gasteiger partial charge in [0.2, 0.25) is 5.88 Å². The Labute approximate surface area is 91.4 Å². The van der Waals surface area contributed by atoms with Gasteiger partial charge in [0.05, 0.1) is 0 Å². The highest BCUT2D eigenvalue weighted by Gasteiger charge is 2.32. The van der Waals surface area contributed by atoms with Gasteiger partial charge in [-0.15, -0.1) is 13.2 Å². The van der Waals surface area contributed by atoms with Gasteiger partial charge in [-0.2, -0.15) is 0 Å². The van der Waals surface area contributed by atoms with Crippen LogP contribution in [0.25, 0.3) is 0 Å². The third kappa shape index (κ3) is 3.26. The van der Waals surface area contributed by atoms with Crippen LogP contribution < -0.4 is 10.3 Å². The number of halogens is 4. The Morgan fingerprint density at radius 3 is 2.60 bits per heavy atom. The van der Waals surface area contributed by atoms with E-state index in [-0.39, 0.29) is 10.9 Å². The van der Waals surface area contributed by atoms with Gasteiger partial charge in [0.1, 0.15) is 0 Å². The van der Waals surface area contributed by atoms with Crippen LogP contribution in [0, 0.1) is 6.92 Å². The summed E-state index contributed by atoms with van der Waals surface area (Å²) in [6.45, 7) is 1.44. The number of pyridine rings is 1. The van der Waals surface area contributed by atoms with Crippen LogP contribution in [0.3, 0.4) is 0 Å². The quantitative estimate of drug-likeness (QED) is 0.849. The van der Waals surface area contributed by atoms with E-state index >= 15 is 0 Å². The summed E-state index contributed by atoms with van der Waals surface area (Å²) in [6, 6.07) is 1.22. The molecule has 0 amide bonds. The standard InChI is InChI=1S/C8H7BrF3NO2/c1-4-5(3-9)2-6(14)13-7(4)15-8(10,11)12/h2H,3H2,1H3,(H,13,14). The molecule has 0 spiro atoms. The summed E-state index contributed by atoms with van der Waals surface area (Å²) in [5.74, 6) is -0.565. The second kappa shape index (κ2) is 4.26. The van der Waals surface area contributed by atoms with E-state index in [9.17, 15) is 18.0 Å². The molecule has 1 N–H and O–H groups in total. The first-order valence-corrected chi connectivity index (χ1v) is 5.00. The fourth-order valence-electron chi connectivity index (χ4n) is 1.01. The van der Waals surface area contributed by atoms with Gasteiger partial charge in [-0.05, 0) is 12.5 Å². The van der Waals surface area contributed by atoms with Crippen LogP contribution >= 0.6 is 15.9 Å². The number of alkyl halides is 4. The Bertz CT molecular complexity index is 413. The van der Waals surface area contributed by atoms with Crippen LogP contribution in [0.15, 0.2) is 10.9 Å². The van der Waals surface area contributed by atoms with Crippen molar-refractivity contribution in [3.05, 3.63) is 27.5 Å². The average molecular weight is 286 g/mol. The monoisotopic (exact) mass is 285 g/mol. The van der Waals surface area contributed by atoms with E-state index < -0.39 is 17.8 Å². The van der Waals surface area contributed by atoms with Crippen molar-refractivity contribution in [2.24, 2.45) is 0 Å². The second-order valence-corrected chi connectivity index (χ2v) is 3.36. The minimum Gasteiger partial charge on any atom is -0.390 e. The van der Waals surface area contributed by atoms with Crippen LogP contribution in [-0.2, 0) is 5.33 Å². The molecule has 15 heavy (non-hydrogen) atoms. The van der Waals surface area contributed by atoms with Crippen LogP contribution in [-0.4, -0.2) is 11.3 Å². The number of rotatable bonds is 2. The Hall–Kier alpha value is -0.980. The molecule has 0 saturated heterocycles. The van der Waals surface area contributed by atoms with E-state index in [1.807, 2.05) is 4.98 Å². The number of ether oxygens (including phenoxy) is 1. The molecule has 0 radical (unpaired) electrons. The maximum atomic E-state index is 11.9. The van der Waals surface area contributed by atoms with Gasteiger partial charge in [0.25, 0.3) is 5.56 Å². The predicted octanol–water partition coefficient (Wildman–Crippen LogP) is 2.48.